The fourth-order valence-electron chi connectivity index (χ4n) is 5.58. The van der Waals surface area contributed by atoms with E-state index in [0.717, 1.165) is 37.9 Å². The maximum absolute atomic E-state index is 13.5. The van der Waals surface area contributed by atoms with Gasteiger partial charge in [0.25, 0.3) is 5.91 Å². The van der Waals surface area contributed by atoms with E-state index in [2.05, 4.69) is 5.32 Å². The zero-order valence-corrected chi connectivity index (χ0v) is 20.2. The minimum absolute atomic E-state index is 0.0528. The van der Waals surface area contributed by atoms with Gasteiger partial charge in [0, 0.05) is 45.8 Å². The summed E-state index contributed by atoms with van der Waals surface area (Å²) in [4.78, 5) is 29.4. The first kappa shape index (κ1) is 24.7. The molecule has 10 heteroatoms. The van der Waals surface area contributed by atoms with Crippen LogP contribution in [0.4, 0.5) is 24.5 Å². The molecule has 2 amide bonds. The third-order valence-electron chi connectivity index (χ3n) is 7.83. The lowest BCUT2D eigenvalue weighted by molar-refractivity contribution is -0.137. The molecule has 194 valence electrons. The molecule has 0 bridgehead atoms. The quantitative estimate of drug-likeness (QED) is 0.640. The molecule has 3 fully saturated rings. The second-order valence-electron chi connectivity index (χ2n) is 10.0. The van der Waals surface area contributed by atoms with Crippen LogP contribution in [0.15, 0.2) is 34.7 Å². The molecule has 3 saturated heterocycles. The minimum Gasteiger partial charge on any atom is -0.456 e. The van der Waals surface area contributed by atoms with Crippen LogP contribution in [0, 0.1) is 5.41 Å². The Hall–Kier alpha value is -3.01. The Bertz CT molecular complexity index is 1130. The second-order valence-corrected chi connectivity index (χ2v) is 10.0. The summed E-state index contributed by atoms with van der Waals surface area (Å²) in [5.74, 6) is 0.427. The number of nitrogens with zero attached hydrogens (tertiary/aromatic N) is 2. The van der Waals surface area contributed by atoms with Gasteiger partial charge in [-0.15, -0.1) is 0 Å². The molecule has 7 nitrogen and oxygen atoms in total. The Morgan fingerprint density at radius 3 is 2.39 bits per heavy atom. The van der Waals surface area contributed by atoms with Gasteiger partial charge in [0.15, 0.2) is 5.76 Å². The SMILES string of the molecule is CN1CCC2(CCN(c3ccc(C(F)(F)F)cc3NC(=O)c3ccc(C4CCOCC4)o3)CC2)C1=O. The van der Waals surface area contributed by atoms with E-state index in [1.165, 1.54) is 6.07 Å². The molecule has 1 spiro atoms. The molecule has 1 aromatic carbocycles. The zero-order chi connectivity index (χ0) is 25.5. The van der Waals surface area contributed by atoms with E-state index in [4.69, 9.17) is 9.15 Å². The lowest BCUT2D eigenvalue weighted by Gasteiger charge is -2.39. The Balaban J connectivity index is 1.36. The topological polar surface area (TPSA) is 75.0 Å². The van der Waals surface area contributed by atoms with Gasteiger partial charge in [-0.3, -0.25) is 9.59 Å². The number of piperidine rings is 1. The molecule has 0 saturated carbocycles. The van der Waals surface area contributed by atoms with Crippen molar-refractivity contribution in [2.45, 2.75) is 44.2 Å². The van der Waals surface area contributed by atoms with Crippen molar-refractivity contribution in [2.24, 2.45) is 5.41 Å². The zero-order valence-electron chi connectivity index (χ0n) is 20.2. The molecule has 36 heavy (non-hydrogen) atoms. The Kier molecular flexibility index (Phi) is 6.48. The fourth-order valence-corrected chi connectivity index (χ4v) is 5.58. The summed E-state index contributed by atoms with van der Waals surface area (Å²) >= 11 is 0. The Morgan fingerprint density at radius 1 is 1.06 bits per heavy atom. The summed E-state index contributed by atoms with van der Waals surface area (Å²) in [6, 6.07) is 6.70. The highest BCUT2D eigenvalue weighted by Gasteiger charge is 2.47. The highest BCUT2D eigenvalue weighted by molar-refractivity contribution is 6.04. The van der Waals surface area contributed by atoms with E-state index >= 15 is 0 Å². The van der Waals surface area contributed by atoms with E-state index in [1.807, 2.05) is 4.90 Å². The van der Waals surface area contributed by atoms with Crippen LogP contribution in [-0.4, -0.2) is 56.6 Å². The summed E-state index contributed by atoms with van der Waals surface area (Å²) in [6.45, 7) is 3.00. The van der Waals surface area contributed by atoms with Crippen LogP contribution >= 0.6 is 0 Å². The standard InChI is InChI=1S/C26H30F3N3O4/c1-31-11-8-25(24(31)34)9-12-32(13-10-25)20-3-2-18(26(27,28)29)16-19(20)30-23(33)22-5-4-21(36-22)17-6-14-35-15-7-17/h2-5,16-17H,6-15H2,1H3,(H,30,33). The smallest absolute Gasteiger partial charge is 0.416 e. The molecule has 4 heterocycles. The van der Waals surface area contributed by atoms with Crippen LogP contribution in [0.2, 0.25) is 0 Å². The first-order chi connectivity index (χ1) is 17.2. The van der Waals surface area contributed by atoms with Crippen molar-refractivity contribution >= 4 is 23.2 Å². The summed E-state index contributed by atoms with van der Waals surface area (Å²) in [5.41, 5.74) is -0.661. The number of rotatable bonds is 4. The lowest BCUT2D eigenvalue weighted by atomic mass is 9.77. The van der Waals surface area contributed by atoms with Crippen LogP contribution in [0.5, 0.6) is 0 Å². The number of hydrogen-bond donors (Lipinski definition) is 1. The highest BCUT2D eigenvalue weighted by Crippen LogP contribution is 2.44. The van der Waals surface area contributed by atoms with Gasteiger partial charge in [-0.2, -0.15) is 13.2 Å². The molecule has 0 atom stereocenters. The molecule has 0 unspecified atom stereocenters. The van der Waals surface area contributed by atoms with Crippen molar-refractivity contribution in [1.29, 1.82) is 0 Å². The second kappa shape index (κ2) is 9.46. The van der Waals surface area contributed by atoms with Crippen molar-refractivity contribution in [3.63, 3.8) is 0 Å². The van der Waals surface area contributed by atoms with E-state index in [9.17, 15) is 22.8 Å². The first-order valence-corrected chi connectivity index (χ1v) is 12.4. The normalized spacial score (nSPS) is 20.8. The number of anilines is 2. The Morgan fingerprint density at radius 2 is 1.75 bits per heavy atom. The number of alkyl halides is 3. The van der Waals surface area contributed by atoms with E-state index < -0.39 is 23.1 Å². The third kappa shape index (κ3) is 4.70. The van der Waals surface area contributed by atoms with Crippen LogP contribution in [0.25, 0.3) is 0 Å². The molecule has 1 aromatic heterocycles. The maximum atomic E-state index is 13.5. The van der Waals surface area contributed by atoms with Crippen LogP contribution in [0.3, 0.4) is 0 Å². The van der Waals surface area contributed by atoms with E-state index in [0.29, 0.717) is 50.6 Å². The number of ether oxygens (including phenoxy) is 1. The third-order valence-corrected chi connectivity index (χ3v) is 7.83. The molecule has 3 aliphatic heterocycles. The molecular formula is C26H30F3N3O4. The molecule has 0 aliphatic carbocycles. The average Bonchev–Trinajstić information content (AvgIpc) is 3.47. The predicted octanol–water partition coefficient (Wildman–Crippen LogP) is 4.89. The van der Waals surface area contributed by atoms with Crippen LogP contribution in [-0.2, 0) is 15.7 Å². The van der Waals surface area contributed by atoms with Gasteiger partial charge < -0.3 is 24.3 Å². The van der Waals surface area contributed by atoms with Crippen LogP contribution < -0.4 is 10.2 Å². The van der Waals surface area contributed by atoms with Crippen molar-refractivity contribution in [1.82, 2.24) is 4.90 Å². The molecule has 0 radical (unpaired) electrons. The van der Waals surface area contributed by atoms with E-state index in [1.54, 1.807) is 24.1 Å². The van der Waals surface area contributed by atoms with E-state index in [-0.39, 0.29) is 23.3 Å². The van der Waals surface area contributed by atoms with Gasteiger partial charge >= 0.3 is 6.18 Å². The summed E-state index contributed by atoms with van der Waals surface area (Å²) in [6.07, 6.45) is -0.927. The summed E-state index contributed by atoms with van der Waals surface area (Å²) < 4.78 is 51.6. The molecule has 2 aromatic rings. The van der Waals surface area contributed by atoms with Gasteiger partial charge in [-0.05, 0) is 62.4 Å². The number of likely N-dealkylation sites (tertiary alicyclic amines) is 1. The van der Waals surface area contributed by atoms with Gasteiger partial charge in [0.1, 0.15) is 5.76 Å². The Labute approximate surface area is 207 Å². The van der Waals surface area contributed by atoms with Gasteiger partial charge in [-0.25, -0.2) is 0 Å². The largest absolute Gasteiger partial charge is 0.456 e. The predicted molar refractivity (Wildman–Crippen MR) is 127 cm³/mol. The van der Waals surface area contributed by atoms with Crippen LogP contribution in [0.1, 0.15) is 59.9 Å². The maximum Gasteiger partial charge on any atom is 0.416 e. The minimum atomic E-state index is -4.55. The summed E-state index contributed by atoms with van der Waals surface area (Å²) in [5, 5.41) is 2.66. The molecule has 3 aliphatic rings. The van der Waals surface area contributed by atoms with Crippen molar-refractivity contribution in [3.05, 3.63) is 47.4 Å². The monoisotopic (exact) mass is 505 g/mol. The van der Waals surface area contributed by atoms with Crippen molar-refractivity contribution < 1.29 is 31.9 Å². The number of furan rings is 1. The molecular weight excluding hydrogens is 475 g/mol. The molecule has 1 N–H and O–H groups in total. The number of amides is 2. The number of hydrogen-bond acceptors (Lipinski definition) is 5. The number of halogens is 3. The average molecular weight is 506 g/mol. The first-order valence-electron chi connectivity index (χ1n) is 12.4. The van der Waals surface area contributed by atoms with Gasteiger partial charge in [0.05, 0.1) is 22.4 Å². The van der Waals surface area contributed by atoms with Gasteiger partial charge in [0.2, 0.25) is 5.91 Å². The fraction of sp³-hybridized carbons (Fsp3) is 0.538. The van der Waals surface area contributed by atoms with Crippen molar-refractivity contribution in [3.8, 4) is 0 Å². The number of nitrogens with one attached hydrogen (secondary N) is 1. The number of carbonyl (C=O) groups excluding carboxylic acids is 2. The molecule has 5 rings (SSSR count). The van der Waals surface area contributed by atoms with Gasteiger partial charge in [-0.1, -0.05) is 0 Å². The highest BCUT2D eigenvalue weighted by atomic mass is 19.4. The summed E-state index contributed by atoms with van der Waals surface area (Å²) in [7, 11) is 1.80. The van der Waals surface area contributed by atoms with Crippen molar-refractivity contribution in [2.75, 3.05) is 50.1 Å². The number of benzene rings is 1. The number of carbonyl (C=O) groups is 2. The lowest BCUT2D eigenvalue weighted by Crippen LogP contribution is -2.44.